The average molecular weight is 601 g/mol. The van der Waals surface area contributed by atoms with Crippen molar-refractivity contribution in [1.29, 1.82) is 0 Å². The average Bonchev–Trinajstić information content (AvgIpc) is 3.21. The van der Waals surface area contributed by atoms with Crippen LogP contribution in [0.15, 0.2) is 82.6 Å². The van der Waals surface area contributed by atoms with E-state index in [0.717, 1.165) is 9.21 Å². The molecule has 12 nitrogen and oxygen atoms in total. The van der Waals surface area contributed by atoms with Crippen LogP contribution in [0.25, 0.3) is 0 Å². The van der Waals surface area contributed by atoms with E-state index in [9.17, 15) is 31.2 Å². The van der Waals surface area contributed by atoms with Gasteiger partial charge in [0.2, 0.25) is 31.9 Å². The summed E-state index contributed by atoms with van der Waals surface area (Å²) < 4.78 is 57.1. The highest BCUT2D eigenvalue weighted by Gasteiger charge is 2.46. The summed E-state index contributed by atoms with van der Waals surface area (Å²) >= 11 is 0. The van der Waals surface area contributed by atoms with Crippen molar-refractivity contribution in [1.82, 2.24) is 4.31 Å². The first kappa shape index (κ1) is 29.9. The minimum atomic E-state index is -4.32. The summed E-state index contributed by atoms with van der Waals surface area (Å²) in [5.74, 6) is -1.08. The highest BCUT2D eigenvalue weighted by molar-refractivity contribution is 7.89. The molecule has 0 aliphatic carbocycles. The molecule has 41 heavy (non-hydrogen) atoms. The Hall–Kier alpha value is -4.11. The zero-order valence-electron chi connectivity index (χ0n) is 22.2. The quantitative estimate of drug-likeness (QED) is 0.332. The van der Waals surface area contributed by atoms with E-state index < -0.39 is 37.9 Å². The van der Waals surface area contributed by atoms with Crippen molar-refractivity contribution >= 4 is 49.1 Å². The molecular weight excluding hydrogens is 572 g/mol. The monoisotopic (exact) mass is 600 g/mol. The lowest BCUT2D eigenvalue weighted by Crippen LogP contribution is -2.46. The van der Waals surface area contributed by atoms with Crippen LogP contribution in [0, 0.1) is 0 Å². The van der Waals surface area contributed by atoms with Gasteiger partial charge in [0.1, 0.15) is 11.8 Å². The van der Waals surface area contributed by atoms with Gasteiger partial charge in [-0.1, -0.05) is 12.1 Å². The van der Waals surface area contributed by atoms with Crippen molar-refractivity contribution in [3.05, 3.63) is 78.4 Å². The van der Waals surface area contributed by atoms with Gasteiger partial charge in [-0.3, -0.25) is 14.4 Å². The second-order valence-electron chi connectivity index (χ2n) is 9.25. The molecule has 0 radical (unpaired) electrons. The summed E-state index contributed by atoms with van der Waals surface area (Å²) in [6.45, 7) is 1.13. The number of primary sulfonamides is 1. The molecule has 3 aromatic carbocycles. The maximum atomic E-state index is 13.9. The van der Waals surface area contributed by atoms with Crippen LogP contribution in [0.2, 0.25) is 0 Å². The molecule has 216 valence electrons. The molecule has 3 aromatic rings. The number of nitrogens with zero attached hydrogens (tertiary/aromatic N) is 2. The van der Waals surface area contributed by atoms with Gasteiger partial charge < -0.3 is 10.1 Å². The molecule has 1 saturated heterocycles. The molecule has 0 bridgehead atoms. The number of anilines is 2. The maximum Gasteiger partial charge on any atom is 0.252 e. The van der Waals surface area contributed by atoms with Crippen LogP contribution in [-0.2, 0) is 40.9 Å². The second-order valence-corrected chi connectivity index (χ2v) is 12.7. The van der Waals surface area contributed by atoms with E-state index in [1.165, 1.54) is 74.7 Å². The molecule has 1 aliphatic heterocycles. The highest BCUT2D eigenvalue weighted by atomic mass is 32.2. The SMILES string of the molecule is COc1ccc(N2C(=O)CC(N(CCc3ccc(S(N)(=O)=O)cc3)S(=O)(=O)c3ccc(NC(C)=O)cc3)C2=O)cc1. The van der Waals surface area contributed by atoms with Crippen molar-refractivity contribution in [2.24, 2.45) is 5.14 Å². The van der Waals surface area contributed by atoms with Crippen molar-refractivity contribution < 1.29 is 36.0 Å². The Labute approximate surface area is 237 Å². The Morgan fingerprint density at radius 1 is 0.951 bits per heavy atom. The molecule has 4 rings (SSSR count). The first-order valence-electron chi connectivity index (χ1n) is 12.3. The van der Waals surface area contributed by atoms with Crippen LogP contribution >= 0.6 is 0 Å². The van der Waals surface area contributed by atoms with Gasteiger partial charge in [0.25, 0.3) is 5.91 Å². The van der Waals surface area contributed by atoms with E-state index in [-0.39, 0.29) is 40.8 Å². The molecular formula is C27H28N4O8S2. The Bertz CT molecular complexity index is 1670. The van der Waals surface area contributed by atoms with E-state index in [2.05, 4.69) is 5.32 Å². The number of sulfonamides is 2. The Kier molecular flexibility index (Phi) is 8.58. The van der Waals surface area contributed by atoms with Gasteiger partial charge in [0, 0.05) is 19.2 Å². The van der Waals surface area contributed by atoms with Gasteiger partial charge in [0.05, 0.1) is 29.0 Å². The summed E-state index contributed by atoms with van der Waals surface area (Å²) in [7, 11) is -6.75. The minimum Gasteiger partial charge on any atom is -0.497 e. The molecule has 0 spiro atoms. The number of rotatable bonds is 10. The van der Waals surface area contributed by atoms with Crippen molar-refractivity contribution in [3.63, 3.8) is 0 Å². The third-order valence-electron chi connectivity index (χ3n) is 6.46. The van der Waals surface area contributed by atoms with Crippen molar-refractivity contribution in [3.8, 4) is 5.75 Å². The summed E-state index contributed by atoms with van der Waals surface area (Å²) in [5.41, 5.74) is 1.25. The normalized spacial score (nSPS) is 15.8. The van der Waals surface area contributed by atoms with Crippen LogP contribution in [-0.4, -0.2) is 58.6 Å². The van der Waals surface area contributed by atoms with Crippen LogP contribution in [0.1, 0.15) is 18.9 Å². The topological polar surface area (TPSA) is 173 Å². The maximum absolute atomic E-state index is 13.9. The number of nitrogens with one attached hydrogen (secondary N) is 1. The Balaban J connectivity index is 1.67. The minimum absolute atomic E-state index is 0.100. The number of hydrogen-bond acceptors (Lipinski definition) is 8. The predicted octanol–water partition coefficient (Wildman–Crippen LogP) is 1.87. The molecule has 3 N–H and O–H groups in total. The first-order chi connectivity index (χ1) is 19.3. The fourth-order valence-corrected chi connectivity index (χ4v) is 6.52. The highest BCUT2D eigenvalue weighted by Crippen LogP contribution is 2.31. The lowest BCUT2D eigenvalue weighted by Gasteiger charge is -2.27. The lowest BCUT2D eigenvalue weighted by atomic mass is 10.1. The number of methoxy groups -OCH3 is 1. The van der Waals surface area contributed by atoms with E-state index in [4.69, 9.17) is 9.88 Å². The number of nitrogens with two attached hydrogens (primary N) is 1. The lowest BCUT2D eigenvalue weighted by molar-refractivity contribution is -0.122. The van der Waals surface area contributed by atoms with Crippen LogP contribution in [0.4, 0.5) is 11.4 Å². The molecule has 1 aliphatic rings. The van der Waals surface area contributed by atoms with Crippen molar-refractivity contribution in [2.45, 2.75) is 35.6 Å². The summed E-state index contributed by atoms with van der Waals surface area (Å²) in [6, 6.07) is 16.0. The molecule has 14 heteroatoms. The fraction of sp³-hybridized carbons (Fsp3) is 0.222. The van der Waals surface area contributed by atoms with Crippen LogP contribution < -0.4 is 20.1 Å². The number of benzene rings is 3. The molecule has 1 fully saturated rings. The Morgan fingerprint density at radius 2 is 1.54 bits per heavy atom. The van der Waals surface area contributed by atoms with Crippen LogP contribution in [0.3, 0.4) is 0 Å². The van der Waals surface area contributed by atoms with Gasteiger partial charge in [-0.25, -0.2) is 26.9 Å². The predicted molar refractivity (Wildman–Crippen MR) is 150 cm³/mol. The second kappa shape index (κ2) is 11.8. The summed E-state index contributed by atoms with van der Waals surface area (Å²) in [6.07, 6.45) is -0.271. The molecule has 1 heterocycles. The van der Waals surface area contributed by atoms with Gasteiger partial charge in [-0.05, 0) is 72.6 Å². The first-order valence-corrected chi connectivity index (χ1v) is 15.3. The number of ether oxygens (including phenoxy) is 1. The van der Waals surface area contributed by atoms with Gasteiger partial charge in [0.15, 0.2) is 0 Å². The Morgan fingerprint density at radius 3 is 2.07 bits per heavy atom. The smallest absolute Gasteiger partial charge is 0.252 e. The molecule has 0 saturated carbocycles. The zero-order valence-corrected chi connectivity index (χ0v) is 23.8. The van der Waals surface area contributed by atoms with E-state index in [1.54, 1.807) is 12.1 Å². The number of amides is 3. The van der Waals surface area contributed by atoms with Gasteiger partial charge >= 0.3 is 0 Å². The molecule has 3 amide bonds. The number of carbonyl (C=O) groups excluding carboxylic acids is 3. The largest absolute Gasteiger partial charge is 0.497 e. The molecule has 0 aromatic heterocycles. The van der Waals surface area contributed by atoms with E-state index in [1.807, 2.05) is 0 Å². The number of hydrogen-bond donors (Lipinski definition) is 2. The summed E-state index contributed by atoms with van der Waals surface area (Å²) in [5, 5.41) is 7.72. The van der Waals surface area contributed by atoms with E-state index >= 15 is 0 Å². The van der Waals surface area contributed by atoms with Gasteiger partial charge in [-0.2, -0.15) is 4.31 Å². The van der Waals surface area contributed by atoms with Crippen molar-refractivity contribution in [2.75, 3.05) is 23.9 Å². The van der Waals surface area contributed by atoms with Crippen LogP contribution in [0.5, 0.6) is 5.75 Å². The zero-order chi connectivity index (χ0) is 29.9. The third kappa shape index (κ3) is 6.62. The molecule has 1 atom stereocenters. The standard InChI is InChI=1S/C27H28N4O8S2/c1-18(32)29-20-5-13-24(14-6-20)41(37,38)30(16-15-19-3-11-23(12-4-19)40(28,35)36)25-17-26(33)31(27(25)34)21-7-9-22(39-2)10-8-21/h3-14,25H,15-17H2,1-2H3,(H,29,32)(H2,28,35,36). The fourth-order valence-electron chi connectivity index (χ4n) is 4.42. The molecule has 1 unspecified atom stereocenters. The third-order valence-corrected chi connectivity index (χ3v) is 9.31. The summed E-state index contributed by atoms with van der Waals surface area (Å²) in [4.78, 5) is 38.7. The van der Waals surface area contributed by atoms with E-state index in [0.29, 0.717) is 17.0 Å². The van der Waals surface area contributed by atoms with Gasteiger partial charge in [-0.15, -0.1) is 0 Å². The number of carbonyl (C=O) groups is 3. The number of imide groups is 1.